The zero-order valence-corrected chi connectivity index (χ0v) is 19.0. The van der Waals surface area contributed by atoms with Crippen LogP contribution in [-0.2, 0) is 10.2 Å². The summed E-state index contributed by atoms with van der Waals surface area (Å²) in [5.74, 6) is -0.424. The highest BCUT2D eigenvalue weighted by Gasteiger charge is 2.51. The van der Waals surface area contributed by atoms with E-state index in [2.05, 4.69) is 24.5 Å². The Balaban J connectivity index is 1.63. The van der Waals surface area contributed by atoms with Crippen molar-refractivity contribution in [1.82, 2.24) is 5.32 Å². The van der Waals surface area contributed by atoms with Crippen molar-refractivity contribution in [3.05, 3.63) is 77.4 Å². The molecule has 0 bridgehead atoms. The average molecular weight is 445 g/mol. The van der Waals surface area contributed by atoms with Gasteiger partial charge in [-0.3, -0.25) is 9.59 Å². The van der Waals surface area contributed by atoms with Gasteiger partial charge in [-0.1, -0.05) is 38.1 Å². The third-order valence-corrected chi connectivity index (χ3v) is 6.33. The number of nitrogens with one attached hydrogen (secondary N) is 2. The van der Waals surface area contributed by atoms with E-state index in [9.17, 15) is 19.8 Å². The summed E-state index contributed by atoms with van der Waals surface area (Å²) in [5, 5.41) is 25.1. The van der Waals surface area contributed by atoms with Gasteiger partial charge in [0, 0.05) is 18.3 Å². The van der Waals surface area contributed by atoms with Crippen molar-refractivity contribution in [2.45, 2.75) is 38.0 Å². The molecule has 0 spiro atoms. The van der Waals surface area contributed by atoms with Gasteiger partial charge in [-0.05, 0) is 77.4 Å². The number of amides is 2. The van der Waals surface area contributed by atoms with Crippen LogP contribution < -0.4 is 10.6 Å². The Hall–Kier alpha value is -3.80. The largest absolute Gasteiger partial charge is 0.504 e. The van der Waals surface area contributed by atoms with Gasteiger partial charge in [0.2, 0.25) is 5.91 Å². The second kappa shape index (κ2) is 8.62. The SMILES string of the molecule is CNC(=O)c1ccc(-c2cc(NC(=O)C3(c4ccc(O)c(O)c4)CC3)ccc2C(C)C)cc1. The van der Waals surface area contributed by atoms with Crippen molar-refractivity contribution in [2.24, 2.45) is 0 Å². The molecule has 0 radical (unpaired) electrons. The number of hydrogen-bond donors (Lipinski definition) is 4. The summed E-state index contributed by atoms with van der Waals surface area (Å²) in [4.78, 5) is 25.1. The van der Waals surface area contributed by atoms with E-state index >= 15 is 0 Å². The number of carbonyl (C=O) groups is 2. The van der Waals surface area contributed by atoms with Gasteiger partial charge in [-0.2, -0.15) is 0 Å². The molecule has 1 aliphatic carbocycles. The fourth-order valence-electron chi connectivity index (χ4n) is 4.18. The summed E-state index contributed by atoms with van der Waals surface area (Å²) in [6.07, 6.45) is 1.36. The molecule has 3 aromatic rings. The second-order valence-electron chi connectivity index (χ2n) is 8.85. The molecular formula is C27H28N2O4. The lowest BCUT2D eigenvalue weighted by molar-refractivity contribution is -0.118. The fourth-order valence-corrected chi connectivity index (χ4v) is 4.18. The van der Waals surface area contributed by atoms with E-state index in [1.54, 1.807) is 25.2 Å². The lowest BCUT2D eigenvalue weighted by Crippen LogP contribution is -2.27. The lowest BCUT2D eigenvalue weighted by Gasteiger charge is -2.19. The molecule has 6 nitrogen and oxygen atoms in total. The lowest BCUT2D eigenvalue weighted by atomic mass is 9.91. The van der Waals surface area contributed by atoms with Crippen molar-refractivity contribution < 1.29 is 19.8 Å². The number of benzene rings is 3. The minimum Gasteiger partial charge on any atom is -0.504 e. The number of phenols is 2. The maximum Gasteiger partial charge on any atom is 0.251 e. The molecule has 0 saturated heterocycles. The quantitative estimate of drug-likeness (QED) is 0.406. The molecule has 2 amide bonds. The molecule has 3 aromatic carbocycles. The maximum atomic E-state index is 13.2. The van der Waals surface area contributed by atoms with Crippen LogP contribution in [0.25, 0.3) is 11.1 Å². The molecule has 1 fully saturated rings. The highest BCUT2D eigenvalue weighted by atomic mass is 16.3. The van der Waals surface area contributed by atoms with Gasteiger partial charge in [0.25, 0.3) is 5.91 Å². The number of aromatic hydroxyl groups is 2. The van der Waals surface area contributed by atoms with Crippen LogP contribution >= 0.6 is 0 Å². The van der Waals surface area contributed by atoms with E-state index < -0.39 is 5.41 Å². The second-order valence-corrected chi connectivity index (χ2v) is 8.85. The molecule has 0 atom stereocenters. The van der Waals surface area contributed by atoms with Crippen LogP contribution in [-0.4, -0.2) is 29.1 Å². The van der Waals surface area contributed by atoms with Crippen molar-refractivity contribution in [2.75, 3.05) is 12.4 Å². The summed E-state index contributed by atoms with van der Waals surface area (Å²) in [6.45, 7) is 4.24. The molecule has 1 saturated carbocycles. The van der Waals surface area contributed by atoms with Gasteiger partial charge >= 0.3 is 0 Å². The van der Waals surface area contributed by atoms with Crippen LogP contribution in [0.3, 0.4) is 0 Å². The standard InChI is InChI=1S/C27H28N2O4/c1-16(2)21-10-9-20(15-22(21)17-4-6-18(7-5-17)25(32)28-3)29-26(33)27(12-13-27)19-8-11-23(30)24(31)14-19/h4-11,14-16,30-31H,12-13H2,1-3H3,(H,28,32)(H,29,33). The first-order valence-corrected chi connectivity index (χ1v) is 11.1. The Morgan fingerprint density at radius 3 is 2.18 bits per heavy atom. The molecule has 0 aromatic heterocycles. The summed E-state index contributed by atoms with van der Waals surface area (Å²) in [7, 11) is 1.60. The minimum absolute atomic E-state index is 0.134. The minimum atomic E-state index is -0.697. The van der Waals surface area contributed by atoms with Crippen molar-refractivity contribution >= 4 is 17.5 Å². The number of rotatable bonds is 6. The van der Waals surface area contributed by atoms with E-state index in [4.69, 9.17) is 0 Å². The summed E-state index contributed by atoms with van der Waals surface area (Å²) >= 11 is 0. The third kappa shape index (κ3) is 4.29. The Morgan fingerprint density at radius 1 is 0.909 bits per heavy atom. The normalized spacial score (nSPS) is 14.1. The van der Waals surface area contributed by atoms with Crippen LogP contribution in [0.4, 0.5) is 5.69 Å². The van der Waals surface area contributed by atoms with E-state index in [0.717, 1.165) is 16.7 Å². The van der Waals surface area contributed by atoms with E-state index in [1.165, 1.54) is 12.1 Å². The molecule has 4 N–H and O–H groups in total. The third-order valence-electron chi connectivity index (χ3n) is 6.33. The molecule has 4 rings (SSSR count). The number of carbonyl (C=O) groups excluding carboxylic acids is 2. The molecule has 0 aliphatic heterocycles. The predicted octanol–water partition coefficient (Wildman–Crippen LogP) is 4.92. The highest BCUT2D eigenvalue weighted by molar-refractivity contribution is 6.02. The summed E-state index contributed by atoms with van der Waals surface area (Å²) in [6, 6.07) is 17.9. The van der Waals surface area contributed by atoms with Gasteiger partial charge in [0.1, 0.15) is 0 Å². The molecule has 170 valence electrons. The first kappa shape index (κ1) is 22.4. The van der Waals surface area contributed by atoms with E-state index in [1.807, 2.05) is 30.3 Å². The van der Waals surface area contributed by atoms with E-state index in [-0.39, 0.29) is 29.2 Å². The van der Waals surface area contributed by atoms with Crippen molar-refractivity contribution in [3.8, 4) is 22.6 Å². The number of phenolic OH excluding ortho intramolecular Hbond substituents is 2. The van der Waals surface area contributed by atoms with Crippen LogP contribution in [0.15, 0.2) is 60.7 Å². The van der Waals surface area contributed by atoms with Crippen molar-refractivity contribution in [3.63, 3.8) is 0 Å². The predicted molar refractivity (Wildman–Crippen MR) is 129 cm³/mol. The Kier molecular flexibility index (Phi) is 5.85. The summed E-state index contributed by atoms with van der Waals surface area (Å²) in [5.41, 5.74) is 4.38. The first-order valence-electron chi connectivity index (χ1n) is 11.1. The highest BCUT2D eigenvalue weighted by Crippen LogP contribution is 2.50. The number of hydrogen-bond acceptors (Lipinski definition) is 4. The first-order chi connectivity index (χ1) is 15.7. The molecule has 0 heterocycles. The molecule has 6 heteroatoms. The number of anilines is 1. The Morgan fingerprint density at radius 2 is 1.61 bits per heavy atom. The van der Waals surface area contributed by atoms with E-state index in [0.29, 0.717) is 29.7 Å². The van der Waals surface area contributed by atoms with Gasteiger partial charge in [0.15, 0.2) is 11.5 Å². The molecule has 1 aliphatic rings. The maximum absolute atomic E-state index is 13.2. The van der Waals surface area contributed by atoms with Crippen LogP contribution in [0, 0.1) is 0 Å². The molecule has 0 unspecified atom stereocenters. The monoisotopic (exact) mass is 444 g/mol. The fraction of sp³-hybridized carbons (Fsp3) is 0.259. The summed E-state index contributed by atoms with van der Waals surface area (Å²) < 4.78 is 0. The smallest absolute Gasteiger partial charge is 0.251 e. The van der Waals surface area contributed by atoms with Gasteiger partial charge in [-0.15, -0.1) is 0 Å². The molecule has 33 heavy (non-hydrogen) atoms. The zero-order valence-electron chi connectivity index (χ0n) is 19.0. The zero-order chi connectivity index (χ0) is 23.8. The Bertz CT molecular complexity index is 1210. The van der Waals surface area contributed by atoms with Gasteiger partial charge in [0.05, 0.1) is 5.41 Å². The average Bonchev–Trinajstić information content (AvgIpc) is 3.62. The van der Waals surface area contributed by atoms with Crippen LogP contribution in [0.5, 0.6) is 11.5 Å². The van der Waals surface area contributed by atoms with Crippen molar-refractivity contribution in [1.29, 1.82) is 0 Å². The topological polar surface area (TPSA) is 98.7 Å². The van der Waals surface area contributed by atoms with Gasteiger partial charge in [-0.25, -0.2) is 0 Å². The Labute approximate surface area is 193 Å². The van der Waals surface area contributed by atoms with Crippen LogP contribution in [0.2, 0.25) is 0 Å². The van der Waals surface area contributed by atoms with Gasteiger partial charge < -0.3 is 20.8 Å². The van der Waals surface area contributed by atoms with Crippen LogP contribution in [0.1, 0.15) is 54.1 Å². The molecular weight excluding hydrogens is 416 g/mol.